The van der Waals surface area contributed by atoms with Crippen LogP contribution in [-0.4, -0.2) is 25.0 Å². The second-order valence-electron chi connectivity index (χ2n) is 6.19. The van der Waals surface area contributed by atoms with Gasteiger partial charge in [0.15, 0.2) is 6.61 Å². The van der Waals surface area contributed by atoms with Gasteiger partial charge in [0.1, 0.15) is 5.75 Å². The van der Waals surface area contributed by atoms with E-state index in [1.807, 2.05) is 48.5 Å². The van der Waals surface area contributed by atoms with Crippen LogP contribution in [0.25, 0.3) is 0 Å². The van der Waals surface area contributed by atoms with Crippen molar-refractivity contribution in [2.75, 3.05) is 18.5 Å². The van der Waals surface area contributed by atoms with Gasteiger partial charge in [0, 0.05) is 6.54 Å². The summed E-state index contributed by atoms with van der Waals surface area (Å²) in [6, 6.07) is 26.0. The highest BCUT2D eigenvalue weighted by molar-refractivity contribution is 6.04. The minimum atomic E-state index is -0.326. The van der Waals surface area contributed by atoms with Gasteiger partial charge in [-0.1, -0.05) is 60.7 Å². The van der Waals surface area contributed by atoms with E-state index in [1.165, 1.54) is 0 Å². The van der Waals surface area contributed by atoms with E-state index in [2.05, 4.69) is 10.6 Å². The summed E-state index contributed by atoms with van der Waals surface area (Å²) >= 11 is 0. The molecule has 0 aliphatic carbocycles. The molecule has 0 fully saturated rings. The Morgan fingerprint density at radius 3 is 2.18 bits per heavy atom. The van der Waals surface area contributed by atoms with E-state index in [1.54, 1.807) is 36.4 Å². The minimum Gasteiger partial charge on any atom is -0.484 e. The summed E-state index contributed by atoms with van der Waals surface area (Å²) in [6.07, 6.45) is 0.742. The van der Waals surface area contributed by atoms with Crippen LogP contribution in [0, 0.1) is 0 Å². The number of rotatable bonds is 8. The van der Waals surface area contributed by atoms with E-state index < -0.39 is 0 Å². The van der Waals surface area contributed by atoms with Gasteiger partial charge in [0.25, 0.3) is 11.8 Å². The van der Waals surface area contributed by atoms with Crippen molar-refractivity contribution >= 4 is 17.5 Å². The van der Waals surface area contributed by atoms with Crippen LogP contribution in [0.4, 0.5) is 5.69 Å². The monoisotopic (exact) mass is 374 g/mol. The van der Waals surface area contributed by atoms with E-state index in [0.717, 1.165) is 12.0 Å². The molecule has 3 aromatic carbocycles. The molecule has 0 bridgehead atoms. The Bertz CT molecular complexity index is 911. The molecule has 28 heavy (non-hydrogen) atoms. The smallest absolute Gasteiger partial charge is 0.262 e. The molecule has 0 unspecified atom stereocenters. The van der Waals surface area contributed by atoms with Gasteiger partial charge in [-0.05, 0) is 36.2 Å². The molecule has 142 valence electrons. The van der Waals surface area contributed by atoms with Crippen LogP contribution in [0.1, 0.15) is 15.9 Å². The largest absolute Gasteiger partial charge is 0.484 e. The molecule has 0 saturated carbocycles. The lowest BCUT2D eigenvalue weighted by atomic mass is 10.1. The van der Waals surface area contributed by atoms with Crippen molar-refractivity contribution in [3.8, 4) is 5.75 Å². The van der Waals surface area contributed by atoms with Gasteiger partial charge in [0.2, 0.25) is 0 Å². The molecule has 0 aromatic heterocycles. The first-order valence-corrected chi connectivity index (χ1v) is 9.11. The number of carbonyl (C=O) groups excluding carboxylic acids is 2. The number of benzene rings is 3. The van der Waals surface area contributed by atoms with E-state index >= 15 is 0 Å². The Kier molecular flexibility index (Phi) is 6.79. The van der Waals surface area contributed by atoms with Crippen molar-refractivity contribution in [2.45, 2.75) is 6.42 Å². The van der Waals surface area contributed by atoms with Crippen LogP contribution in [0.3, 0.4) is 0 Å². The lowest BCUT2D eigenvalue weighted by Gasteiger charge is -2.12. The highest BCUT2D eigenvalue weighted by Crippen LogP contribution is 2.15. The summed E-state index contributed by atoms with van der Waals surface area (Å²) in [7, 11) is 0. The van der Waals surface area contributed by atoms with Crippen LogP contribution < -0.4 is 15.4 Å². The first-order valence-electron chi connectivity index (χ1n) is 9.11. The van der Waals surface area contributed by atoms with Gasteiger partial charge >= 0.3 is 0 Å². The van der Waals surface area contributed by atoms with Gasteiger partial charge in [-0.15, -0.1) is 0 Å². The molecule has 0 atom stereocenters. The third kappa shape index (κ3) is 5.71. The van der Waals surface area contributed by atoms with Crippen molar-refractivity contribution < 1.29 is 14.3 Å². The second kappa shape index (κ2) is 9.92. The summed E-state index contributed by atoms with van der Waals surface area (Å²) in [5.74, 6) is 0.0637. The van der Waals surface area contributed by atoms with Crippen LogP contribution >= 0.6 is 0 Å². The predicted octanol–water partition coefficient (Wildman–Crippen LogP) is 3.68. The highest BCUT2D eigenvalue weighted by atomic mass is 16.5. The molecule has 0 aliphatic rings. The number of nitrogens with one attached hydrogen (secondary N) is 2. The van der Waals surface area contributed by atoms with Gasteiger partial charge in [-0.2, -0.15) is 0 Å². The van der Waals surface area contributed by atoms with Crippen LogP contribution in [0.15, 0.2) is 84.9 Å². The SMILES string of the molecule is O=C(COc1ccccc1)Nc1ccccc1C(=O)NCCc1ccccc1. The predicted molar refractivity (Wildman–Crippen MR) is 109 cm³/mol. The van der Waals surface area contributed by atoms with Crippen molar-refractivity contribution in [2.24, 2.45) is 0 Å². The number of amides is 2. The molecule has 3 aromatic rings. The van der Waals surface area contributed by atoms with Crippen molar-refractivity contribution in [3.63, 3.8) is 0 Å². The molecule has 5 heteroatoms. The van der Waals surface area contributed by atoms with Gasteiger partial charge in [-0.25, -0.2) is 0 Å². The van der Waals surface area contributed by atoms with E-state index in [4.69, 9.17) is 4.74 Å². The maximum absolute atomic E-state index is 12.5. The molecular formula is C23H22N2O3. The maximum atomic E-state index is 12.5. The average Bonchev–Trinajstić information content (AvgIpc) is 2.74. The number of hydrogen-bond donors (Lipinski definition) is 2. The molecule has 0 saturated heterocycles. The van der Waals surface area contributed by atoms with Gasteiger partial charge in [-0.3, -0.25) is 9.59 Å². The summed E-state index contributed by atoms with van der Waals surface area (Å²) in [5.41, 5.74) is 2.03. The fourth-order valence-corrected chi connectivity index (χ4v) is 2.70. The first kappa shape index (κ1) is 19.2. The van der Waals surface area contributed by atoms with E-state index in [-0.39, 0.29) is 18.4 Å². The van der Waals surface area contributed by atoms with Crippen LogP contribution in [-0.2, 0) is 11.2 Å². The molecular weight excluding hydrogens is 352 g/mol. The lowest BCUT2D eigenvalue weighted by Crippen LogP contribution is -2.28. The van der Waals surface area contributed by atoms with Crippen molar-refractivity contribution in [1.29, 1.82) is 0 Å². The summed E-state index contributed by atoms with van der Waals surface area (Å²) in [6.45, 7) is 0.385. The van der Waals surface area contributed by atoms with Crippen molar-refractivity contribution in [1.82, 2.24) is 5.32 Å². The number of hydrogen-bond acceptors (Lipinski definition) is 3. The zero-order valence-corrected chi connectivity index (χ0v) is 15.4. The van der Waals surface area contributed by atoms with Crippen LogP contribution in [0.5, 0.6) is 5.75 Å². The number of ether oxygens (including phenoxy) is 1. The Morgan fingerprint density at radius 2 is 1.43 bits per heavy atom. The number of carbonyl (C=O) groups is 2. The topological polar surface area (TPSA) is 67.4 Å². The Balaban J connectivity index is 1.54. The second-order valence-corrected chi connectivity index (χ2v) is 6.19. The quantitative estimate of drug-likeness (QED) is 0.632. The fraction of sp³-hybridized carbons (Fsp3) is 0.130. The van der Waals surface area contributed by atoms with Crippen LogP contribution in [0.2, 0.25) is 0 Å². The molecule has 2 amide bonds. The van der Waals surface area contributed by atoms with Crippen molar-refractivity contribution in [3.05, 3.63) is 96.1 Å². The number of anilines is 1. The molecule has 3 rings (SSSR count). The van der Waals surface area contributed by atoms with E-state index in [0.29, 0.717) is 23.5 Å². The zero-order chi connectivity index (χ0) is 19.6. The maximum Gasteiger partial charge on any atom is 0.262 e. The molecule has 0 radical (unpaired) electrons. The summed E-state index contributed by atoms with van der Waals surface area (Å²) in [4.78, 5) is 24.7. The van der Waals surface area contributed by atoms with E-state index in [9.17, 15) is 9.59 Å². The standard InChI is InChI=1S/C23H22N2O3/c26-22(17-28-19-11-5-2-6-12-19)25-21-14-8-7-13-20(21)23(27)24-16-15-18-9-3-1-4-10-18/h1-14H,15-17H2,(H,24,27)(H,25,26). The lowest BCUT2D eigenvalue weighted by molar-refractivity contribution is -0.118. The molecule has 0 heterocycles. The zero-order valence-electron chi connectivity index (χ0n) is 15.4. The molecule has 0 spiro atoms. The number of para-hydroxylation sites is 2. The highest BCUT2D eigenvalue weighted by Gasteiger charge is 2.13. The average molecular weight is 374 g/mol. The Hall–Kier alpha value is -3.60. The Labute approximate surface area is 164 Å². The first-order chi connectivity index (χ1) is 13.7. The summed E-state index contributed by atoms with van der Waals surface area (Å²) in [5, 5.41) is 5.64. The third-order valence-corrected chi connectivity index (χ3v) is 4.10. The molecule has 2 N–H and O–H groups in total. The van der Waals surface area contributed by atoms with Gasteiger partial charge < -0.3 is 15.4 Å². The molecule has 0 aliphatic heterocycles. The summed E-state index contributed by atoms with van der Waals surface area (Å²) < 4.78 is 5.44. The minimum absolute atomic E-state index is 0.131. The normalized spacial score (nSPS) is 10.1. The fourth-order valence-electron chi connectivity index (χ4n) is 2.70. The third-order valence-electron chi connectivity index (χ3n) is 4.10. The Morgan fingerprint density at radius 1 is 0.786 bits per heavy atom. The van der Waals surface area contributed by atoms with Gasteiger partial charge in [0.05, 0.1) is 11.3 Å². The molecule has 5 nitrogen and oxygen atoms in total.